The van der Waals surface area contributed by atoms with Crippen LogP contribution in [-0.2, 0) is 4.79 Å². The van der Waals surface area contributed by atoms with Gasteiger partial charge in [-0.05, 0) is 6.07 Å². The second-order valence-electron chi connectivity index (χ2n) is 3.47. The van der Waals surface area contributed by atoms with Crippen molar-refractivity contribution < 1.29 is 18.9 Å². The van der Waals surface area contributed by atoms with Crippen LogP contribution in [0.25, 0.3) is 0 Å². The van der Waals surface area contributed by atoms with Gasteiger partial charge in [-0.3, -0.25) is 19.7 Å². The van der Waals surface area contributed by atoms with Crippen LogP contribution in [0.4, 0.5) is 5.88 Å². The highest BCUT2D eigenvalue weighted by Gasteiger charge is 2.26. The Kier molecular flexibility index (Phi) is 2.77. The number of nitrogens with zero attached hydrogens (tertiary/aromatic N) is 2. The van der Waals surface area contributed by atoms with E-state index in [1.54, 1.807) is 0 Å². The number of nitrogens with one attached hydrogen (secondary N) is 1. The lowest BCUT2D eigenvalue weighted by atomic mass is 10.3. The number of amides is 2. The summed E-state index contributed by atoms with van der Waals surface area (Å²) in [5.41, 5.74) is 0. The second kappa shape index (κ2) is 4.24. The molecule has 8 nitrogen and oxygen atoms in total. The molecule has 0 aliphatic carbocycles. The van der Waals surface area contributed by atoms with Gasteiger partial charge in [-0.1, -0.05) is 0 Å². The van der Waals surface area contributed by atoms with E-state index < -0.39 is 16.7 Å². The smallest absolute Gasteiger partial charge is 0.395 e. The van der Waals surface area contributed by atoms with Gasteiger partial charge < -0.3 is 14.6 Å². The van der Waals surface area contributed by atoms with Crippen molar-refractivity contribution in [3.8, 4) is 0 Å². The molecule has 0 saturated carbocycles. The third-order valence-corrected chi connectivity index (χ3v) is 2.31. The van der Waals surface area contributed by atoms with E-state index in [2.05, 4.69) is 5.32 Å². The predicted molar refractivity (Wildman–Crippen MR) is 54.3 cm³/mol. The van der Waals surface area contributed by atoms with E-state index in [0.29, 0.717) is 13.1 Å². The standard InChI is InChI=1S/C9H9N3O5/c13-7-5-11(4-3-10-7)9(14)6-1-2-8(17-6)12(15)16/h1-2H,3-5H2,(H,10,13). The number of carbonyl (C=O) groups is 2. The molecule has 1 aromatic rings. The normalized spacial score (nSPS) is 15.5. The minimum atomic E-state index is -0.723. The van der Waals surface area contributed by atoms with E-state index in [0.717, 1.165) is 6.07 Å². The number of hydrogen-bond donors (Lipinski definition) is 1. The minimum Gasteiger partial charge on any atom is -0.395 e. The van der Waals surface area contributed by atoms with Gasteiger partial charge in [0.05, 0.1) is 6.07 Å². The fourth-order valence-corrected chi connectivity index (χ4v) is 1.51. The fourth-order valence-electron chi connectivity index (χ4n) is 1.51. The summed E-state index contributed by atoms with van der Waals surface area (Å²) in [6, 6.07) is 2.34. The Bertz CT molecular complexity index is 481. The first-order chi connectivity index (χ1) is 8.08. The van der Waals surface area contributed by atoms with Gasteiger partial charge >= 0.3 is 5.88 Å². The molecular weight excluding hydrogens is 230 g/mol. The van der Waals surface area contributed by atoms with E-state index in [1.165, 1.54) is 11.0 Å². The zero-order chi connectivity index (χ0) is 12.4. The van der Waals surface area contributed by atoms with Crippen molar-refractivity contribution in [3.05, 3.63) is 28.0 Å². The summed E-state index contributed by atoms with van der Waals surface area (Å²) in [6.45, 7) is 0.666. The molecule has 8 heteroatoms. The average molecular weight is 239 g/mol. The lowest BCUT2D eigenvalue weighted by molar-refractivity contribution is -0.402. The number of piperazine rings is 1. The molecule has 2 amide bonds. The molecule has 0 unspecified atom stereocenters. The summed E-state index contributed by atoms with van der Waals surface area (Å²) in [5, 5.41) is 13.0. The molecule has 1 aromatic heterocycles. The summed E-state index contributed by atoms with van der Waals surface area (Å²) in [7, 11) is 0. The van der Waals surface area contributed by atoms with Crippen molar-refractivity contribution in [3.63, 3.8) is 0 Å². The molecule has 1 aliphatic heterocycles. The summed E-state index contributed by atoms with van der Waals surface area (Å²) in [5.74, 6) is -1.40. The number of nitro groups is 1. The molecule has 0 radical (unpaired) electrons. The van der Waals surface area contributed by atoms with Crippen LogP contribution in [0.2, 0.25) is 0 Å². The van der Waals surface area contributed by atoms with Crippen LogP contribution in [0.3, 0.4) is 0 Å². The molecule has 0 spiro atoms. The quantitative estimate of drug-likeness (QED) is 0.566. The van der Waals surface area contributed by atoms with Gasteiger partial charge in [0.1, 0.15) is 11.5 Å². The summed E-state index contributed by atoms with van der Waals surface area (Å²) in [6.07, 6.45) is 0. The first-order valence-corrected chi connectivity index (χ1v) is 4.88. The summed E-state index contributed by atoms with van der Waals surface area (Å²) >= 11 is 0. The molecule has 1 saturated heterocycles. The maximum atomic E-state index is 11.8. The molecule has 17 heavy (non-hydrogen) atoms. The van der Waals surface area contributed by atoms with Gasteiger partial charge in [-0.2, -0.15) is 0 Å². The Morgan fingerprint density at radius 1 is 1.53 bits per heavy atom. The first kappa shape index (κ1) is 11.1. The minimum absolute atomic E-state index is 0.0622. The molecule has 1 fully saturated rings. The van der Waals surface area contributed by atoms with Crippen LogP contribution >= 0.6 is 0 Å². The maximum absolute atomic E-state index is 11.8. The maximum Gasteiger partial charge on any atom is 0.433 e. The van der Waals surface area contributed by atoms with Crippen molar-refractivity contribution in [1.82, 2.24) is 10.2 Å². The monoisotopic (exact) mass is 239 g/mol. The highest BCUT2D eigenvalue weighted by atomic mass is 16.6. The number of carbonyl (C=O) groups excluding carboxylic acids is 2. The number of furan rings is 1. The van der Waals surface area contributed by atoms with E-state index in [-0.39, 0.29) is 18.2 Å². The van der Waals surface area contributed by atoms with Crippen LogP contribution < -0.4 is 5.32 Å². The Morgan fingerprint density at radius 2 is 2.29 bits per heavy atom. The summed E-state index contributed by atoms with van der Waals surface area (Å²) < 4.78 is 4.77. The average Bonchev–Trinajstić information content (AvgIpc) is 2.77. The van der Waals surface area contributed by atoms with Crippen LogP contribution in [0.1, 0.15) is 10.6 Å². The van der Waals surface area contributed by atoms with Crippen LogP contribution in [-0.4, -0.2) is 41.3 Å². The molecule has 0 bridgehead atoms. The van der Waals surface area contributed by atoms with Crippen molar-refractivity contribution in [2.45, 2.75) is 0 Å². The molecule has 0 atom stereocenters. The SMILES string of the molecule is O=C1CN(C(=O)c2ccc([N+](=O)[O-])o2)CCN1. The van der Waals surface area contributed by atoms with Gasteiger partial charge in [-0.15, -0.1) is 0 Å². The molecule has 0 aromatic carbocycles. The van der Waals surface area contributed by atoms with Crippen LogP contribution in [0.5, 0.6) is 0 Å². The highest BCUT2D eigenvalue weighted by molar-refractivity contribution is 5.95. The van der Waals surface area contributed by atoms with Crippen LogP contribution in [0.15, 0.2) is 16.5 Å². The third-order valence-electron chi connectivity index (χ3n) is 2.31. The summed E-state index contributed by atoms with van der Waals surface area (Å²) in [4.78, 5) is 33.8. The van der Waals surface area contributed by atoms with Gasteiger partial charge in [0.25, 0.3) is 5.91 Å². The van der Waals surface area contributed by atoms with E-state index >= 15 is 0 Å². The first-order valence-electron chi connectivity index (χ1n) is 4.88. The highest BCUT2D eigenvalue weighted by Crippen LogP contribution is 2.17. The van der Waals surface area contributed by atoms with Crippen molar-refractivity contribution in [2.75, 3.05) is 19.6 Å². The largest absolute Gasteiger partial charge is 0.433 e. The Hall–Kier alpha value is -2.38. The van der Waals surface area contributed by atoms with E-state index in [1.807, 2.05) is 0 Å². The molecule has 2 heterocycles. The Balaban J connectivity index is 2.13. The molecular formula is C9H9N3O5. The number of rotatable bonds is 2. The second-order valence-corrected chi connectivity index (χ2v) is 3.47. The fraction of sp³-hybridized carbons (Fsp3) is 0.333. The van der Waals surface area contributed by atoms with E-state index in [4.69, 9.17) is 4.42 Å². The van der Waals surface area contributed by atoms with Crippen molar-refractivity contribution >= 4 is 17.7 Å². The zero-order valence-electron chi connectivity index (χ0n) is 8.71. The van der Waals surface area contributed by atoms with Crippen molar-refractivity contribution in [2.24, 2.45) is 0 Å². The third kappa shape index (κ3) is 2.25. The predicted octanol–water partition coefficient (Wildman–Crippen LogP) is -0.240. The molecule has 1 N–H and O–H groups in total. The lowest BCUT2D eigenvalue weighted by Gasteiger charge is -2.25. The number of hydrogen-bond acceptors (Lipinski definition) is 5. The Labute approximate surface area is 95.3 Å². The van der Waals surface area contributed by atoms with Crippen molar-refractivity contribution in [1.29, 1.82) is 0 Å². The lowest BCUT2D eigenvalue weighted by Crippen LogP contribution is -2.49. The molecule has 1 aliphatic rings. The molecule has 90 valence electrons. The van der Waals surface area contributed by atoms with Gasteiger partial charge in [0.15, 0.2) is 5.76 Å². The van der Waals surface area contributed by atoms with Gasteiger partial charge in [0.2, 0.25) is 5.91 Å². The van der Waals surface area contributed by atoms with Gasteiger partial charge in [0, 0.05) is 13.1 Å². The molecule has 2 rings (SSSR count). The Morgan fingerprint density at radius 3 is 2.88 bits per heavy atom. The zero-order valence-corrected chi connectivity index (χ0v) is 8.71. The van der Waals surface area contributed by atoms with Crippen LogP contribution in [0, 0.1) is 10.1 Å². The van der Waals surface area contributed by atoms with Gasteiger partial charge in [-0.25, -0.2) is 0 Å². The topological polar surface area (TPSA) is 106 Å². The van der Waals surface area contributed by atoms with E-state index in [9.17, 15) is 19.7 Å².